The first-order valence-corrected chi connectivity index (χ1v) is 6.62. The fraction of sp³-hybridized carbons (Fsp3) is 0.308. The summed E-state index contributed by atoms with van der Waals surface area (Å²) >= 11 is 0. The van der Waals surface area contributed by atoms with Crippen LogP contribution in [-0.2, 0) is 6.54 Å². The molecule has 3 aromatic heterocycles. The van der Waals surface area contributed by atoms with Crippen LogP contribution in [0, 0.1) is 20.8 Å². The molecule has 0 bridgehead atoms. The number of aromatic amines is 1. The van der Waals surface area contributed by atoms with Gasteiger partial charge < -0.3 is 14.8 Å². The van der Waals surface area contributed by atoms with E-state index in [1.807, 2.05) is 0 Å². The summed E-state index contributed by atoms with van der Waals surface area (Å²) in [4.78, 5) is 26.8. The van der Waals surface area contributed by atoms with Crippen molar-refractivity contribution in [2.75, 3.05) is 0 Å². The van der Waals surface area contributed by atoms with E-state index in [4.69, 9.17) is 4.52 Å². The van der Waals surface area contributed by atoms with Crippen LogP contribution in [-0.4, -0.2) is 30.9 Å². The number of hydrogen-bond acceptors (Lipinski definition) is 6. The first-order chi connectivity index (χ1) is 10.5. The topological polar surface area (TPSA) is 118 Å². The summed E-state index contributed by atoms with van der Waals surface area (Å²) in [6.07, 6.45) is 1.59. The molecule has 3 aromatic rings. The molecule has 0 saturated carbocycles. The fourth-order valence-corrected chi connectivity index (χ4v) is 2.21. The summed E-state index contributed by atoms with van der Waals surface area (Å²) in [5, 5.41) is 14.1. The molecule has 0 unspecified atom stereocenters. The number of nitrogens with zero attached hydrogens (tertiary/aromatic N) is 4. The van der Waals surface area contributed by atoms with Crippen molar-refractivity contribution >= 4 is 11.4 Å². The molecule has 3 heterocycles. The maximum Gasteiger partial charge on any atom is 0.276 e. The highest BCUT2D eigenvalue weighted by atomic mass is 16.5. The largest absolute Gasteiger partial charge is 0.361 e. The fourth-order valence-electron chi connectivity index (χ4n) is 2.21. The van der Waals surface area contributed by atoms with Crippen LogP contribution in [0.2, 0.25) is 0 Å². The first kappa shape index (κ1) is 14.0. The van der Waals surface area contributed by atoms with E-state index in [-0.39, 0.29) is 17.8 Å². The lowest BCUT2D eigenvalue weighted by molar-refractivity contribution is 0.0947. The SMILES string of the molecule is Cc1cn2nnc(C(=O)NCc3c(C)noc3C)c2c(=O)[nH]1. The summed E-state index contributed by atoms with van der Waals surface area (Å²) < 4.78 is 6.32. The summed E-state index contributed by atoms with van der Waals surface area (Å²) in [5.41, 5.74) is 1.82. The third-order valence-electron chi connectivity index (χ3n) is 3.36. The van der Waals surface area contributed by atoms with E-state index in [0.29, 0.717) is 17.1 Å². The smallest absolute Gasteiger partial charge is 0.276 e. The molecule has 22 heavy (non-hydrogen) atoms. The number of H-pyrrole nitrogens is 1. The highest BCUT2D eigenvalue weighted by Gasteiger charge is 2.19. The first-order valence-electron chi connectivity index (χ1n) is 6.62. The number of carbonyl (C=O) groups is 1. The molecule has 0 aliphatic carbocycles. The van der Waals surface area contributed by atoms with Crippen LogP contribution in [0.4, 0.5) is 0 Å². The van der Waals surface area contributed by atoms with E-state index in [0.717, 1.165) is 5.56 Å². The molecule has 0 saturated heterocycles. The third-order valence-corrected chi connectivity index (χ3v) is 3.36. The van der Waals surface area contributed by atoms with E-state index >= 15 is 0 Å². The highest BCUT2D eigenvalue weighted by molar-refractivity contribution is 5.98. The number of rotatable bonds is 3. The van der Waals surface area contributed by atoms with Crippen LogP contribution in [0.3, 0.4) is 0 Å². The maximum atomic E-state index is 12.2. The van der Waals surface area contributed by atoms with Gasteiger partial charge in [-0.3, -0.25) is 9.59 Å². The van der Waals surface area contributed by atoms with Gasteiger partial charge in [0.25, 0.3) is 11.5 Å². The third kappa shape index (κ3) is 2.26. The molecular weight excluding hydrogens is 288 g/mol. The van der Waals surface area contributed by atoms with E-state index in [9.17, 15) is 9.59 Å². The van der Waals surface area contributed by atoms with E-state index in [2.05, 4.69) is 25.8 Å². The van der Waals surface area contributed by atoms with E-state index < -0.39 is 11.5 Å². The molecule has 9 heteroatoms. The Labute approximate surface area is 124 Å². The monoisotopic (exact) mass is 302 g/mol. The van der Waals surface area contributed by atoms with E-state index in [1.165, 1.54) is 4.52 Å². The van der Waals surface area contributed by atoms with Gasteiger partial charge in [-0.1, -0.05) is 10.4 Å². The van der Waals surface area contributed by atoms with Crippen LogP contribution in [0.15, 0.2) is 15.5 Å². The minimum Gasteiger partial charge on any atom is -0.361 e. The van der Waals surface area contributed by atoms with Gasteiger partial charge in [0.15, 0.2) is 11.2 Å². The molecule has 0 aliphatic heterocycles. The molecular formula is C13H14N6O3. The zero-order chi connectivity index (χ0) is 15.9. The lowest BCUT2D eigenvalue weighted by Crippen LogP contribution is -2.25. The van der Waals surface area contributed by atoms with Gasteiger partial charge in [0.2, 0.25) is 0 Å². The zero-order valence-electron chi connectivity index (χ0n) is 12.3. The Balaban J connectivity index is 1.89. The maximum absolute atomic E-state index is 12.2. The Morgan fingerprint density at radius 1 is 1.41 bits per heavy atom. The van der Waals surface area contributed by atoms with Gasteiger partial charge in [-0.25, -0.2) is 4.52 Å². The van der Waals surface area contributed by atoms with Gasteiger partial charge in [-0.15, -0.1) is 5.10 Å². The van der Waals surface area contributed by atoms with Crippen molar-refractivity contribution < 1.29 is 9.32 Å². The van der Waals surface area contributed by atoms with Gasteiger partial charge >= 0.3 is 0 Å². The van der Waals surface area contributed by atoms with Gasteiger partial charge in [-0.05, 0) is 20.8 Å². The molecule has 3 rings (SSSR count). The number of aromatic nitrogens is 5. The van der Waals surface area contributed by atoms with Gasteiger partial charge in [0.05, 0.1) is 11.9 Å². The minimum absolute atomic E-state index is 0.0204. The summed E-state index contributed by atoms with van der Waals surface area (Å²) in [7, 11) is 0. The normalized spacial score (nSPS) is 11.0. The summed E-state index contributed by atoms with van der Waals surface area (Å²) in [6, 6.07) is 0. The molecule has 0 spiro atoms. The van der Waals surface area contributed by atoms with Crippen molar-refractivity contribution in [2.45, 2.75) is 27.3 Å². The summed E-state index contributed by atoms with van der Waals surface area (Å²) in [5.74, 6) is 0.156. The Kier molecular flexibility index (Phi) is 3.24. The van der Waals surface area contributed by atoms with Crippen LogP contribution in [0.1, 0.15) is 33.2 Å². The minimum atomic E-state index is -0.482. The van der Waals surface area contributed by atoms with Crippen molar-refractivity contribution in [2.24, 2.45) is 0 Å². The molecule has 0 aromatic carbocycles. The van der Waals surface area contributed by atoms with E-state index in [1.54, 1.807) is 27.0 Å². The second kappa shape index (κ2) is 5.10. The number of nitrogens with one attached hydrogen (secondary N) is 2. The van der Waals surface area contributed by atoms with Crippen molar-refractivity contribution in [3.05, 3.63) is 45.0 Å². The molecule has 114 valence electrons. The Morgan fingerprint density at radius 2 is 2.18 bits per heavy atom. The van der Waals surface area contributed by atoms with Crippen LogP contribution in [0.25, 0.3) is 5.52 Å². The molecule has 9 nitrogen and oxygen atoms in total. The Hall–Kier alpha value is -2.97. The second-order valence-electron chi connectivity index (χ2n) is 4.98. The summed E-state index contributed by atoms with van der Waals surface area (Å²) in [6.45, 7) is 5.52. The predicted molar refractivity (Wildman–Crippen MR) is 75.5 cm³/mol. The van der Waals surface area contributed by atoms with Gasteiger partial charge in [0, 0.05) is 17.8 Å². The molecule has 0 fully saturated rings. The van der Waals surface area contributed by atoms with Crippen molar-refractivity contribution in [3.63, 3.8) is 0 Å². The van der Waals surface area contributed by atoms with Crippen molar-refractivity contribution in [3.8, 4) is 0 Å². The number of carbonyl (C=O) groups excluding carboxylic acids is 1. The highest BCUT2D eigenvalue weighted by Crippen LogP contribution is 2.12. The second-order valence-corrected chi connectivity index (χ2v) is 4.98. The molecule has 0 atom stereocenters. The van der Waals surface area contributed by atoms with Crippen LogP contribution < -0.4 is 10.9 Å². The molecule has 1 amide bonds. The molecule has 2 N–H and O–H groups in total. The quantitative estimate of drug-likeness (QED) is 0.716. The Bertz CT molecular complexity index is 900. The molecule has 0 aliphatic rings. The van der Waals surface area contributed by atoms with Crippen LogP contribution in [0.5, 0.6) is 0 Å². The number of aryl methyl sites for hydroxylation is 3. The number of hydrogen-bond donors (Lipinski definition) is 2. The Morgan fingerprint density at radius 3 is 2.86 bits per heavy atom. The standard InChI is InChI=1S/C13H14N6O3/c1-6-5-19-11(13(21)15-6)10(16-18-19)12(20)14-4-9-7(2)17-22-8(9)3/h5H,4H2,1-3H3,(H,14,20)(H,15,21). The van der Waals surface area contributed by atoms with Crippen molar-refractivity contribution in [1.29, 1.82) is 0 Å². The molecule has 0 radical (unpaired) electrons. The lowest BCUT2D eigenvalue weighted by atomic mass is 10.2. The van der Waals surface area contributed by atoms with Gasteiger partial charge in [-0.2, -0.15) is 0 Å². The van der Waals surface area contributed by atoms with Gasteiger partial charge in [0.1, 0.15) is 5.76 Å². The van der Waals surface area contributed by atoms with Crippen molar-refractivity contribution in [1.82, 2.24) is 30.3 Å². The number of fused-ring (bicyclic) bond motifs is 1. The average molecular weight is 302 g/mol. The lowest BCUT2D eigenvalue weighted by Gasteiger charge is -2.02. The zero-order valence-corrected chi connectivity index (χ0v) is 12.3. The number of amides is 1. The average Bonchev–Trinajstić information content (AvgIpc) is 3.01. The van der Waals surface area contributed by atoms with Crippen LogP contribution >= 0.6 is 0 Å². The predicted octanol–water partition coefficient (Wildman–Crippen LogP) is 0.261.